The monoisotopic (exact) mass is 812 g/mol. The van der Waals surface area contributed by atoms with Crippen molar-refractivity contribution in [3.8, 4) is 35.7 Å². The van der Waals surface area contributed by atoms with Crippen molar-refractivity contribution in [3.63, 3.8) is 0 Å². The maximum atomic E-state index is 17.1. The molecule has 5 aromatic rings. The Morgan fingerprint density at radius 2 is 1.20 bits per heavy atom. The molecule has 0 saturated carbocycles. The Balaban J connectivity index is 1.56. The highest BCUT2D eigenvalue weighted by molar-refractivity contribution is 7.24. The molecule has 2 N–H and O–H groups in total. The molecule has 0 saturated heterocycles. The lowest BCUT2D eigenvalue weighted by Gasteiger charge is -2.29. The van der Waals surface area contributed by atoms with E-state index in [0.29, 0.717) is 37.1 Å². The Labute approximate surface area is 328 Å². The minimum Gasteiger partial charge on any atom is -0.512 e. The van der Waals surface area contributed by atoms with E-state index >= 15 is 22.0 Å². The molecular weight excluding hydrogens is 772 g/mol. The van der Waals surface area contributed by atoms with Crippen LogP contribution in [-0.4, -0.2) is 28.2 Å². The van der Waals surface area contributed by atoms with E-state index in [1.54, 1.807) is 35.6 Å². The van der Waals surface area contributed by atoms with Crippen molar-refractivity contribution in [2.45, 2.75) is 96.1 Å². The van der Waals surface area contributed by atoms with Gasteiger partial charge in [-0.2, -0.15) is 17.6 Å². The number of allylic oxidation sites excluding steroid dienone is 6. The van der Waals surface area contributed by atoms with Gasteiger partial charge < -0.3 is 10.2 Å². The minimum absolute atomic E-state index is 0.00597. The van der Waals surface area contributed by atoms with Gasteiger partial charge in [0.25, 0.3) is 0 Å². The third-order valence-corrected chi connectivity index (χ3v) is 15.6. The predicted molar refractivity (Wildman–Crippen MR) is 219 cm³/mol. The van der Waals surface area contributed by atoms with Gasteiger partial charge in [0.15, 0.2) is 0 Å². The van der Waals surface area contributed by atoms with Gasteiger partial charge in [-0.1, -0.05) is 47.6 Å². The summed E-state index contributed by atoms with van der Waals surface area (Å²) in [5, 5.41) is 20.3. The van der Waals surface area contributed by atoms with Crippen molar-refractivity contribution >= 4 is 62.1 Å². The lowest BCUT2D eigenvalue weighted by atomic mass is 9.85. The second-order valence-corrected chi connectivity index (χ2v) is 20.3. The summed E-state index contributed by atoms with van der Waals surface area (Å²) in [4.78, 5) is 5.93. The van der Waals surface area contributed by atoms with E-state index in [1.165, 1.54) is 58.3 Å². The number of hydrogen-bond acceptors (Lipinski definition) is 6. The van der Waals surface area contributed by atoms with Crippen LogP contribution < -0.4 is 0 Å². The third-order valence-electron chi connectivity index (χ3n) is 9.82. The Morgan fingerprint density at radius 1 is 0.648 bits per heavy atom. The molecule has 0 spiro atoms. The normalized spacial score (nSPS) is 19.1. The Morgan fingerprint density at radius 3 is 1.72 bits per heavy atom. The van der Waals surface area contributed by atoms with Crippen LogP contribution in [0, 0.1) is 0 Å². The number of aliphatic hydroxyl groups excluding tert-OH is 1. The first-order valence-electron chi connectivity index (χ1n) is 17.8. The van der Waals surface area contributed by atoms with Crippen LogP contribution in [0.2, 0.25) is 0 Å². The SMILES string of the molecule is CC(C)(C)c1ccc(-c2cc(C3=C(c4cc(-c5ccc(C(C)(C)C)s5)sc4-c4ccc(O)cc4)C(F)CCC(F)(F)C3(F)F)c(C3=CC=C(O)CC3)s2)s1. The van der Waals surface area contributed by atoms with Crippen molar-refractivity contribution in [2.24, 2.45) is 0 Å². The molecule has 1 atom stereocenters. The fourth-order valence-corrected chi connectivity index (χ4v) is 11.5. The summed E-state index contributed by atoms with van der Waals surface area (Å²) in [6.07, 6.45) is -0.565. The second kappa shape index (κ2) is 13.9. The molecule has 0 radical (unpaired) electrons. The summed E-state index contributed by atoms with van der Waals surface area (Å²) < 4.78 is 83.1. The molecule has 2 aliphatic rings. The largest absolute Gasteiger partial charge is 0.512 e. The fraction of sp³-hybridized carbons (Fsp3) is 0.349. The number of phenols is 1. The predicted octanol–water partition coefficient (Wildman–Crippen LogP) is 15.2. The first kappa shape index (κ1) is 38.8. The fourth-order valence-electron chi connectivity index (χ4n) is 6.77. The second-order valence-electron chi connectivity index (χ2n) is 16.0. The van der Waals surface area contributed by atoms with Gasteiger partial charge in [-0.25, -0.2) is 4.39 Å². The molecular formula is C43H41F5O2S4. The molecule has 284 valence electrons. The molecule has 4 aromatic heterocycles. The van der Waals surface area contributed by atoms with Gasteiger partial charge in [0.1, 0.15) is 11.9 Å². The van der Waals surface area contributed by atoms with Gasteiger partial charge in [-0.15, -0.1) is 45.3 Å². The van der Waals surface area contributed by atoms with Gasteiger partial charge in [0.05, 0.1) is 5.76 Å². The molecule has 0 bridgehead atoms. The molecule has 1 unspecified atom stereocenters. The molecule has 0 aliphatic heterocycles. The Hall–Kier alpha value is -3.51. The number of benzene rings is 1. The van der Waals surface area contributed by atoms with Crippen molar-refractivity contribution < 1.29 is 32.2 Å². The van der Waals surface area contributed by atoms with E-state index in [2.05, 4.69) is 41.5 Å². The average molecular weight is 813 g/mol. The van der Waals surface area contributed by atoms with Crippen LogP contribution >= 0.6 is 45.3 Å². The molecule has 0 fully saturated rings. The molecule has 2 aliphatic carbocycles. The Kier molecular flexibility index (Phi) is 9.98. The molecule has 1 aromatic carbocycles. The van der Waals surface area contributed by atoms with E-state index in [0.717, 1.165) is 19.5 Å². The summed E-state index contributed by atoms with van der Waals surface area (Å²) >= 11 is 5.57. The summed E-state index contributed by atoms with van der Waals surface area (Å²) in [5.41, 5.74) is -0.625. The highest BCUT2D eigenvalue weighted by atomic mass is 32.1. The van der Waals surface area contributed by atoms with Crippen LogP contribution in [0.4, 0.5) is 22.0 Å². The number of aromatic hydroxyl groups is 1. The number of rotatable bonds is 6. The third kappa shape index (κ3) is 7.17. The zero-order valence-electron chi connectivity index (χ0n) is 30.8. The van der Waals surface area contributed by atoms with Gasteiger partial charge in [0, 0.05) is 74.1 Å². The van der Waals surface area contributed by atoms with Crippen LogP contribution in [0.3, 0.4) is 0 Å². The molecule has 11 heteroatoms. The van der Waals surface area contributed by atoms with Crippen LogP contribution in [0.15, 0.2) is 78.6 Å². The van der Waals surface area contributed by atoms with Gasteiger partial charge in [0.2, 0.25) is 0 Å². The number of alkyl halides is 5. The Bertz CT molecular complexity index is 2300. The summed E-state index contributed by atoms with van der Waals surface area (Å²) in [7, 11) is 0. The number of thiophene rings is 4. The molecule has 4 heterocycles. The van der Waals surface area contributed by atoms with Crippen LogP contribution in [0.5, 0.6) is 5.75 Å². The van der Waals surface area contributed by atoms with Gasteiger partial charge >= 0.3 is 11.8 Å². The van der Waals surface area contributed by atoms with E-state index in [-0.39, 0.29) is 39.9 Å². The van der Waals surface area contributed by atoms with Crippen molar-refractivity contribution in [1.29, 1.82) is 0 Å². The van der Waals surface area contributed by atoms with E-state index < -0.39 is 42.0 Å². The summed E-state index contributed by atoms with van der Waals surface area (Å²) in [6.45, 7) is 12.5. The summed E-state index contributed by atoms with van der Waals surface area (Å²) in [5.74, 6) is -9.16. The molecule has 54 heavy (non-hydrogen) atoms. The lowest BCUT2D eigenvalue weighted by molar-refractivity contribution is -0.175. The van der Waals surface area contributed by atoms with Gasteiger partial charge in [-0.3, -0.25) is 0 Å². The van der Waals surface area contributed by atoms with E-state index in [4.69, 9.17) is 0 Å². The first-order chi connectivity index (χ1) is 25.2. The maximum absolute atomic E-state index is 17.1. The van der Waals surface area contributed by atoms with E-state index in [9.17, 15) is 10.2 Å². The minimum atomic E-state index is -4.74. The van der Waals surface area contributed by atoms with Crippen LogP contribution in [-0.2, 0) is 10.8 Å². The lowest BCUT2D eigenvalue weighted by Crippen LogP contribution is -2.40. The highest BCUT2D eigenvalue weighted by Gasteiger charge is 2.62. The topological polar surface area (TPSA) is 40.5 Å². The number of phenolic OH excluding ortho intramolecular Hbond substituents is 1. The summed E-state index contributed by atoms with van der Waals surface area (Å²) in [6, 6.07) is 17.3. The maximum Gasteiger partial charge on any atom is 0.336 e. The number of aliphatic hydroxyl groups is 1. The zero-order chi connectivity index (χ0) is 39.0. The van der Waals surface area contributed by atoms with Gasteiger partial charge in [-0.05, 0) is 102 Å². The highest BCUT2D eigenvalue weighted by Crippen LogP contribution is 2.59. The van der Waals surface area contributed by atoms with Crippen LogP contribution in [0.1, 0.15) is 93.0 Å². The van der Waals surface area contributed by atoms with Crippen molar-refractivity contribution in [1.82, 2.24) is 0 Å². The quantitative estimate of drug-likeness (QED) is 0.168. The molecule has 7 rings (SSSR count). The first-order valence-corrected chi connectivity index (χ1v) is 21.0. The van der Waals surface area contributed by atoms with Crippen LogP contribution in [0.25, 0.3) is 46.7 Å². The van der Waals surface area contributed by atoms with E-state index in [1.807, 2.05) is 24.3 Å². The molecule has 0 amide bonds. The standard InChI is InChI=1S/C43H41F5O2S4/c1-40(2,3)34-17-15-30(51-34)32-21-27(38(53-32)23-7-11-25(49)12-8-23)36-29(44)19-20-42(45,46)43(47,48)37(36)28-22-33(31-16-18-35(52-31)41(4,5)6)54-39(28)24-9-13-26(50)14-10-24/h7-9,11-13,15-18,21-22,29,49-50H,10,14,19-20H2,1-6H3. The smallest absolute Gasteiger partial charge is 0.336 e. The van der Waals surface area contributed by atoms with Crippen molar-refractivity contribution in [3.05, 3.63) is 104 Å². The number of halogens is 5. The average Bonchev–Trinajstić information content (AvgIpc) is 3.91. The zero-order valence-corrected chi connectivity index (χ0v) is 34.0. The van der Waals surface area contributed by atoms with Crippen molar-refractivity contribution in [2.75, 3.05) is 0 Å². The number of hydrogen-bond donors (Lipinski definition) is 2. The molecule has 2 nitrogen and oxygen atoms in total.